The third-order valence-electron chi connectivity index (χ3n) is 5.96. The third kappa shape index (κ3) is 5.10. The zero-order valence-electron chi connectivity index (χ0n) is 18.7. The van der Waals surface area contributed by atoms with E-state index in [0.717, 1.165) is 22.3 Å². The second-order valence-corrected chi connectivity index (χ2v) is 8.20. The molecule has 2 N–H and O–H groups in total. The predicted molar refractivity (Wildman–Crippen MR) is 121 cm³/mol. The second-order valence-electron chi connectivity index (χ2n) is 8.20. The van der Waals surface area contributed by atoms with Crippen molar-refractivity contribution in [3.63, 3.8) is 0 Å². The number of nitrogens with zero attached hydrogens (tertiary/aromatic N) is 1. The highest BCUT2D eigenvalue weighted by atomic mass is 16.5. The van der Waals surface area contributed by atoms with E-state index in [0.29, 0.717) is 13.0 Å². The number of carbonyl (C=O) groups is 3. The number of fused-ring (bicyclic) bond motifs is 3. The Bertz CT molecular complexity index is 944. The molecule has 0 radical (unpaired) electrons. The summed E-state index contributed by atoms with van der Waals surface area (Å²) in [4.78, 5) is 37.6. The topological polar surface area (TPSA) is 95.9 Å². The fraction of sp³-hybridized carbons (Fsp3) is 0.400. The van der Waals surface area contributed by atoms with E-state index in [1.807, 2.05) is 31.2 Å². The Morgan fingerprint density at radius 1 is 1.03 bits per heavy atom. The first-order chi connectivity index (χ1) is 15.3. The van der Waals surface area contributed by atoms with Crippen molar-refractivity contribution in [2.75, 3.05) is 19.7 Å². The fourth-order valence-electron chi connectivity index (χ4n) is 4.15. The molecule has 7 heteroatoms. The van der Waals surface area contributed by atoms with Gasteiger partial charge in [-0.25, -0.2) is 4.79 Å². The molecule has 2 atom stereocenters. The first kappa shape index (κ1) is 23.3. The van der Waals surface area contributed by atoms with E-state index >= 15 is 0 Å². The summed E-state index contributed by atoms with van der Waals surface area (Å²) in [5.41, 5.74) is 4.56. The number of carbonyl (C=O) groups excluding carboxylic acids is 2. The van der Waals surface area contributed by atoms with Crippen LogP contribution in [0, 0.1) is 5.92 Å². The van der Waals surface area contributed by atoms with Gasteiger partial charge in [0.15, 0.2) is 0 Å². The molecule has 7 nitrogen and oxygen atoms in total. The summed E-state index contributed by atoms with van der Waals surface area (Å²) in [5, 5.41) is 11.8. The van der Waals surface area contributed by atoms with Crippen molar-refractivity contribution in [3.8, 4) is 11.1 Å². The van der Waals surface area contributed by atoms with Gasteiger partial charge < -0.3 is 20.1 Å². The van der Waals surface area contributed by atoms with Gasteiger partial charge in [0.05, 0.1) is 5.92 Å². The number of alkyl carbamates (subject to hydrolysis) is 1. The number of hydrogen-bond donors (Lipinski definition) is 2. The normalized spacial score (nSPS) is 14.1. The van der Waals surface area contributed by atoms with Crippen molar-refractivity contribution in [1.82, 2.24) is 10.2 Å². The summed E-state index contributed by atoms with van der Waals surface area (Å²) >= 11 is 0. The molecule has 0 spiro atoms. The lowest BCUT2D eigenvalue weighted by Gasteiger charge is -2.27. The minimum Gasteiger partial charge on any atom is -0.480 e. The minimum atomic E-state index is -1.06. The van der Waals surface area contributed by atoms with Crippen LogP contribution in [0.3, 0.4) is 0 Å². The number of ether oxygens (including phenoxy) is 1. The molecule has 0 saturated heterocycles. The SMILES string of the molecule is CCCN(CC(=O)O)C(=O)C(C)C(C)NC(=O)OCC1c2ccccc2-c2ccccc21. The van der Waals surface area contributed by atoms with Crippen molar-refractivity contribution >= 4 is 18.0 Å². The van der Waals surface area contributed by atoms with E-state index in [9.17, 15) is 14.4 Å². The smallest absolute Gasteiger partial charge is 0.407 e. The van der Waals surface area contributed by atoms with Gasteiger partial charge in [-0.05, 0) is 35.6 Å². The Hall–Kier alpha value is -3.35. The van der Waals surface area contributed by atoms with Gasteiger partial charge in [-0.3, -0.25) is 9.59 Å². The predicted octanol–water partition coefficient (Wildman–Crippen LogP) is 3.87. The maximum atomic E-state index is 12.7. The summed E-state index contributed by atoms with van der Waals surface area (Å²) in [5.74, 6) is -1.99. The summed E-state index contributed by atoms with van der Waals surface area (Å²) < 4.78 is 5.54. The number of amides is 2. The zero-order valence-corrected chi connectivity index (χ0v) is 18.7. The van der Waals surface area contributed by atoms with Crippen molar-refractivity contribution in [2.24, 2.45) is 5.92 Å². The molecule has 2 amide bonds. The summed E-state index contributed by atoms with van der Waals surface area (Å²) in [6, 6.07) is 15.7. The van der Waals surface area contributed by atoms with Gasteiger partial charge in [-0.15, -0.1) is 0 Å². The van der Waals surface area contributed by atoms with Crippen LogP contribution in [0.2, 0.25) is 0 Å². The highest BCUT2D eigenvalue weighted by Crippen LogP contribution is 2.44. The third-order valence-corrected chi connectivity index (χ3v) is 5.96. The Kier molecular flexibility index (Phi) is 7.51. The van der Waals surface area contributed by atoms with Crippen LogP contribution in [0.5, 0.6) is 0 Å². The molecule has 0 bridgehead atoms. The molecule has 2 aromatic carbocycles. The number of nitrogens with one attached hydrogen (secondary N) is 1. The van der Waals surface area contributed by atoms with E-state index in [4.69, 9.17) is 9.84 Å². The van der Waals surface area contributed by atoms with Gasteiger partial charge in [0.1, 0.15) is 13.2 Å². The highest BCUT2D eigenvalue weighted by molar-refractivity contribution is 5.84. The van der Waals surface area contributed by atoms with E-state index in [2.05, 4.69) is 29.6 Å². The van der Waals surface area contributed by atoms with Crippen LogP contribution in [-0.2, 0) is 14.3 Å². The molecule has 0 fully saturated rings. The maximum Gasteiger partial charge on any atom is 0.407 e. The van der Waals surface area contributed by atoms with Crippen LogP contribution in [-0.4, -0.2) is 53.7 Å². The first-order valence-corrected chi connectivity index (χ1v) is 11.0. The lowest BCUT2D eigenvalue weighted by Crippen LogP contribution is -2.47. The van der Waals surface area contributed by atoms with E-state index in [-0.39, 0.29) is 25.0 Å². The lowest BCUT2D eigenvalue weighted by atomic mass is 9.98. The first-order valence-electron chi connectivity index (χ1n) is 11.0. The van der Waals surface area contributed by atoms with Crippen LogP contribution in [0.1, 0.15) is 44.2 Å². The Morgan fingerprint density at radius 3 is 2.12 bits per heavy atom. The minimum absolute atomic E-state index is 0.0434. The van der Waals surface area contributed by atoms with Gasteiger partial charge in [0.2, 0.25) is 5.91 Å². The average Bonchev–Trinajstić information content (AvgIpc) is 3.10. The van der Waals surface area contributed by atoms with E-state index < -0.39 is 24.0 Å². The van der Waals surface area contributed by atoms with Crippen molar-refractivity contribution in [3.05, 3.63) is 59.7 Å². The molecule has 0 aliphatic heterocycles. The number of aliphatic carboxylic acids is 1. The molecular formula is C25H30N2O5. The summed E-state index contributed by atoms with van der Waals surface area (Å²) in [6.45, 7) is 5.47. The molecule has 170 valence electrons. The maximum absolute atomic E-state index is 12.7. The lowest BCUT2D eigenvalue weighted by molar-refractivity contribution is -0.146. The van der Waals surface area contributed by atoms with Gasteiger partial charge in [0, 0.05) is 18.5 Å². The number of benzene rings is 2. The molecule has 1 aliphatic rings. The fourth-order valence-corrected chi connectivity index (χ4v) is 4.15. The van der Waals surface area contributed by atoms with Crippen molar-refractivity contribution < 1.29 is 24.2 Å². The van der Waals surface area contributed by atoms with Crippen LogP contribution < -0.4 is 5.32 Å². The van der Waals surface area contributed by atoms with Crippen LogP contribution in [0.4, 0.5) is 4.79 Å². The molecule has 32 heavy (non-hydrogen) atoms. The van der Waals surface area contributed by atoms with E-state index in [1.165, 1.54) is 4.90 Å². The second kappa shape index (κ2) is 10.3. The van der Waals surface area contributed by atoms with Crippen LogP contribution >= 0.6 is 0 Å². The Balaban J connectivity index is 1.60. The highest BCUT2D eigenvalue weighted by Gasteiger charge is 2.30. The average molecular weight is 439 g/mol. The van der Waals surface area contributed by atoms with Gasteiger partial charge in [-0.2, -0.15) is 0 Å². The summed E-state index contributed by atoms with van der Waals surface area (Å²) in [6.07, 6.45) is 0.0548. The number of carboxylic acids is 1. The largest absolute Gasteiger partial charge is 0.480 e. The van der Waals surface area contributed by atoms with Crippen molar-refractivity contribution in [2.45, 2.75) is 39.2 Å². The standard InChI is InChI=1S/C25H30N2O5/c1-4-13-27(14-23(28)29)24(30)16(2)17(3)26-25(31)32-15-22-20-11-7-5-9-18(20)19-10-6-8-12-21(19)22/h5-12,16-17,22H,4,13-15H2,1-3H3,(H,26,31)(H,28,29). The molecule has 0 heterocycles. The number of rotatable bonds is 9. The molecule has 2 unspecified atom stereocenters. The molecule has 0 aromatic heterocycles. The van der Waals surface area contributed by atoms with Gasteiger partial charge in [0.25, 0.3) is 0 Å². The molecular weight excluding hydrogens is 408 g/mol. The van der Waals surface area contributed by atoms with Crippen molar-refractivity contribution in [1.29, 1.82) is 0 Å². The monoisotopic (exact) mass is 438 g/mol. The van der Waals surface area contributed by atoms with Gasteiger partial charge >= 0.3 is 12.1 Å². The molecule has 1 aliphatic carbocycles. The quantitative estimate of drug-likeness (QED) is 0.620. The Morgan fingerprint density at radius 2 is 1.59 bits per heavy atom. The summed E-state index contributed by atoms with van der Waals surface area (Å²) in [7, 11) is 0. The molecule has 2 aromatic rings. The van der Waals surface area contributed by atoms with Crippen LogP contribution in [0.15, 0.2) is 48.5 Å². The number of carboxylic acid groups (broad SMARTS) is 1. The molecule has 3 rings (SSSR count). The number of hydrogen-bond acceptors (Lipinski definition) is 4. The van der Waals surface area contributed by atoms with Crippen LogP contribution in [0.25, 0.3) is 11.1 Å². The van der Waals surface area contributed by atoms with E-state index in [1.54, 1.807) is 13.8 Å². The Labute approximate surface area is 188 Å². The zero-order chi connectivity index (χ0) is 23.3. The molecule has 0 saturated carbocycles. The van der Waals surface area contributed by atoms with Gasteiger partial charge in [-0.1, -0.05) is 62.4 Å².